The van der Waals surface area contributed by atoms with E-state index in [1.54, 1.807) is 6.20 Å². The highest BCUT2D eigenvalue weighted by Gasteiger charge is 2.19. The fourth-order valence-electron chi connectivity index (χ4n) is 2.66. The summed E-state index contributed by atoms with van der Waals surface area (Å²) in [6, 6.07) is 1.31. The SMILES string of the molecule is C[C@H]1CNCC[C@H](Oc2cncc(Nc3cc(OC(F)F)n[nH]3)n2)C1. The number of rotatable bonds is 6. The van der Waals surface area contributed by atoms with Crippen molar-refractivity contribution < 1.29 is 18.3 Å². The van der Waals surface area contributed by atoms with Crippen molar-refractivity contribution in [2.75, 3.05) is 18.4 Å². The van der Waals surface area contributed by atoms with Crippen LogP contribution in [0.5, 0.6) is 11.8 Å². The van der Waals surface area contributed by atoms with E-state index in [-0.39, 0.29) is 12.0 Å². The van der Waals surface area contributed by atoms with Crippen LogP contribution in [0.1, 0.15) is 19.8 Å². The average Bonchev–Trinajstić information content (AvgIpc) is 2.87. The third-order valence-electron chi connectivity index (χ3n) is 3.73. The lowest BCUT2D eigenvalue weighted by molar-refractivity contribution is -0.0528. The second-order valence-electron chi connectivity index (χ2n) is 5.94. The summed E-state index contributed by atoms with van der Waals surface area (Å²) >= 11 is 0. The first-order chi connectivity index (χ1) is 12.1. The minimum Gasteiger partial charge on any atom is -0.473 e. The van der Waals surface area contributed by atoms with E-state index < -0.39 is 6.61 Å². The van der Waals surface area contributed by atoms with E-state index in [0.717, 1.165) is 25.9 Å². The van der Waals surface area contributed by atoms with Crippen LogP contribution in [0.3, 0.4) is 0 Å². The quantitative estimate of drug-likeness (QED) is 0.732. The van der Waals surface area contributed by atoms with Gasteiger partial charge < -0.3 is 20.1 Å². The van der Waals surface area contributed by atoms with Gasteiger partial charge in [0.2, 0.25) is 11.8 Å². The van der Waals surface area contributed by atoms with Crippen molar-refractivity contribution >= 4 is 11.6 Å². The van der Waals surface area contributed by atoms with Gasteiger partial charge in [0, 0.05) is 6.07 Å². The molecule has 0 unspecified atom stereocenters. The minimum absolute atomic E-state index is 0.0766. The summed E-state index contributed by atoms with van der Waals surface area (Å²) in [5, 5.41) is 12.4. The zero-order valence-corrected chi connectivity index (χ0v) is 13.7. The van der Waals surface area contributed by atoms with Gasteiger partial charge >= 0.3 is 6.61 Å². The second kappa shape index (κ2) is 8.06. The molecule has 2 aromatic heterocycles. The van der Waals surface area contributed by atoms with Crippen LogP contribution in [0.25, 0.3) is 0 Å². The molecule has 0 aliphatic carbocycles. The highest BCUT2D eigenvalue weighted by Crippen LogP contribution is 2.21. The molecule has 0 bridgehead atoms. The molecular weight excluding hydrogens is 334 g/mol. The van der Waals surface area contributed by atoms with E-state index in [9.17, 15) is 8.78 Å². The molecule has 1 fully saturated rings. The molecule has 0 saturated carbocycles. The van der Waals surface area contributed by atoms with Crippen molar-refractivity contribution in [1.82, 2.24) is 25.5 Å². The van der Waals surface area contributed by atoms with Crippen molar-refractivity contribution in [2.45, 2.75) is 32.5 Å². The fraction of sp³-hybridized carbons (Fsp3) is 0.533. The lowest BCUT2D eigenvalue weighted by Crippen LogP contribution is -2.20. The standard InChI is InChI=1S/C15H20F2N6O2/c1-9-4-10(2-3-18-6-9)24-14-8-19-7-12(21-14)20-11-5-13(23-22-11)25-15(16)17/h5,7-10,15,18H,2-4,6H2,1H3,(H2,20,21,22,23)/t9-,10+/m1/s1. The molecule has 0 radical (unpaired) electrons. The molecule has 2 atom stereocenters. The lowest BCUT2D eigenvalue weighted by Gasteiger charge is -2.18. The van der Waals surface area contributed by atoms with E-state index in [2.05, 4.69) is 42.5 Å². The monoisotopic (exact) mass is 354 g/mol. The van der Waals surface area contributed by atoms with Crippen molar-refractivity contribution in [1.29, 1.82) is 0 Å². The van der Waals surface area contributed by atoms with E-state index in [4.69, 9.17) is 4.74 Å². The number of H-pyrrole nitrogens is 1. The Morgan fingerprint density at radius 2 is 2.20 bits per heavy atom. The van der Waals surface area contributed by atoms with Gasteiger partial charge in [0.15, 0.2) is 5.82 Å². The molecule has 3 heterocycles. The first kappa shape index (κ1) is 17.3. The van der Waals surface area contributed by atoms with Gasteiger partial charge in [-0.15, -0.1) is 5.10 Å². The molecule has 1 aliphatic heterocycles. The maximum Gasteiger partial charge on any atom is 0.388 e. The number of aromatic nitrogens is 4. The summed E-state index contributed by atoms with van der Waals surface area (Å²) in [7, 11) is 0. The topological polar surface area (TPSA) is 97.0 Å². The van der Waals surface area contributed by atoms with Gasteiger partial charge in [0.1, 0.15) is 11.9 Å². The van der Waals surface area contributed by atoms with Crippen molar-refractivity contribution in [2.24, 2.45) is 5.92 Å². The molecule has 0 amide bonds. The normalized spacial score (nSPS) is 21.0. The van der Waals surface area contributed by atoms with Crippen molar-refractivity contribution in [3.8, 4) is 11.8 Å². The number of hydrogen-bond acceptors (Lipinski definition) is 7. The second-order valence-corrected chi connectivity index (χ2v) is 5.94. The number of nitrogens with zero attached hydrogens (tertiary/aromatic N) is 3. The van der Waals surface area contributed by atoms with Crippen molar-refractivity contribution in [3.63, 3.8) is 0 Å². The third kappa shape index (κ3) is 5.24. The van der Waals surface area contributed by atoms with Crippen LogP contribution in [0.4, 0.5) is 20.4 Å². The zero-order chi connectivity index (χ0) is 17.6. The van der Waals surface area contributed by atoms with Crippen LogP contribution in [0.15, 0.2) is 18.5 Å². The molecule has 25 heavy (non-hydrogen) atoms. The molecular formula is C15H20F2N6O2. The van der Waals surface area contributed by atoms with Crippen LogP contribution < -0.4 is 20.1 Å². The minimum atomic E-state index is -2.93. The number of alkyl halides is 2. The van der Waals surface area contributed by atoms with E-state index >= 15 is 0 Å². The number of nitrogens with one attached hydrogen (secondary N) is 3. The Hall–Kier alpha value is -2.49. The smallest absolute Gasteiger partial charge is 0.388 e. The first-order valence-corrected chi connectivity index (χ1v) is 8.05. The third-order valence-corrected chi connectivity index (χ3v) is 3.73. The highest BCUT2D eigenvalue weighted by atomic mass is 19.3. The Morgan fingerprint density at radius 3 is 3.04 bits per heavy atom. The van der Waals surface area contributed by atoms with Gasteiger partial charge in [-0.2, -0.15) is 13.8 Å². The fourth-order valence-corrected chi connectivity index (χ4v) is 2.66. The van der Waals surface area contributed by atoms with Gasteiger partial charge in [-0.25, -0.2) is 0 Å². The predicted molar refractivity (Wildman–Crippen MR) is 86.2 cm³/mol. The van der Waals surface area contributed by atoms with Crippen molar-refractivity contribution in [3.05, 3.63) is 18.5 Å². The summed E-state index contributed by atoms with van der Waals surface area (Å²) in [6.45, 7) is 1.14. The van der Waals surface area contributed by atoms with Crippen LogP contribution in [0, 0.1) is 5.92 Å². The zero-order valence-electron chi connectivity index (χ0n) is 13.7. The van der Waals surface area contributed by atoms with Crippen LogP contribution in [0.2, 0.25) is 0 Å². The maximum atomic E-state index is 12.1. The summed E-state index contributed by atoms with van der Waals surface area (Å²) in [6.07, 6.45) is 4.97. The lowest BCUT2D eigenvalue weighted by atomic mass is 10.0. The van der Waals surface area contributed by atoms with Gasteiger partial charge in [-0.05, 0) is 31.8 Å². The molecule has 0 spiro atoms. The molecule has 3 N–H and O–H groups in total. The Labute approximate surface area is 143 Å². The van der Waals surface area contributed by atoms with Gasteiger partial charge in [0.05, 0.1) is 12.4 Å². The summed E-state index contributed by atoms with van der Waals surface area (Å²) in [5.41, 5.74) is 0. The Kier molecular flexibility index (Phi) is 5.59. The number of hydrogen-bond donors (Lipinski definition) is 3. The number of anilines is 2. The maximum absolute atomic E-state index is 12.1. The van der Waals surface area contributed by atoms with E-state index in [1.165, 1.54) is 12.3 Å². The van der Waals surface area contributed by atoms with Gasteiger partial charge in [0.25, 0.3) is 0 Å². The Balaban J connectivity index is 1.62. The summed E-state index contributed by atoms with van der Waals surface area (Å²) in [4.78, 5) is 8.43. The summed E-state index contributed by atoms with van der Waals surface area (Å²) < 4.78 is 34.4. The molecule has 1 saturated heterocycles. The highest BCUT2D eigenvalue weighted by molar-refractivity contribution is 5.51. The van der Waals surface area contributed by atoms with Gasteiger partial charge in [-0.3, -0.25) is 10.1 Å². The first-order valence-electron chi connectivity index (χ1n) is 8.05. The number of ether oxygens (including phenoxy) is 2. The Bertz CT molecular complexity index is 684. The number of halogens is 2. The Morgan fingerprint density at radius 1 is 1.32 bits per heavy atom. The van der Waals surface area contributed by atoms with E-state index in [0.29, 0.717) is 23.4 Å². The van der Waals surface area contributed by atoms with Gasteiger partial charge in [-0.1, -0.05) is 6.92 Å². The van der Waals surface area contributed by atoms with Crippen LogP contribution in [-0.4, -0.2) is 46.0 Å². The molecule has 3 rings (SSSR count). The molecule has 0 aromatic carbocycles. The van der Waals surface area contributed by atoms with E-state index in [1.807, 2.05) is 0 Å². The molecule has 1 aliphatic rings. The van der Waals surface area contributed by atoms with Crippen LogP contribution in [-0.2, 0) is 0 Å². The largest absolute Gasteiger partial charge is 0.473 e. The molecule has 136 valence electrons. The molecule has 8 nitrogen and oxygen atoms in total. The predicted octanol–water partition coefficient (Wildman–Crippen LogP) is 2.31. The number of aromatic amines is 1. The molecule has 10 heteroatoms. The summed E-state index contributed by atoms with van der Waals surface area (Å²) in [5.74, 6) is 1.49. The van der Waals surface area contributed by atoms with Crippen LogP contribution >= 0.6 is 0 Å². The average molecular weight is 354 g/mol. The molecule has 2 aromatic rings.